The molecule has 0 aliphatic carbocycles. The summed E-state index contributed by atoms with van der Waals surface area (Å²) in [5.41, 5.74) is 0.00778. The van der Waals surface area contributed by atoms with E-state index in [1.807, 2.05) is 124 Å². The van der Waals surface area contributed by atoms with Gasteiger partial charge in [0.1, 0.15) is 6.61 Å². The maximum atomic E-state index is 12.9. The van der Waals surface area contributed by atoms with Gasteiger partial charge >= 0.3 is 0 Å². The second-order valence-corrected chi connectivity index (χ2v) is 28.4. The smallest absolute Gasteiger partial charge is 0.246 e. The molecule has 1 unspecified atom stereocenters. The Bertz CT molecular complexity index is 1920. The van der Waals surface area contributed by atoms with Crippen LogP contribution in [0, 0.1) is 10.8 Å². The van der Waals surface area contributed by atoms with E-state index in [-0.39, 0.29) is 68.7 Å². The summed E-state index contributed by atoms with van der Waals surface area (Å²) >= 11 is 0. The first-order valence-corrected chi connectivity index (χ1v) is 28.5. The van der Waals surface area contributed by atoms with Gasteiger partial charge in [-0.1, -0.05) is 115 Å². The summed E-state index contributed by atoms with van der Waals surface area (Å²) in [6.07, 6.45) is 15.3. The van der Waals surface area contributed by atoms with Gasteiger partial charge in [0.05, 0.1) is 62.6 Å². The molecule has 74 heavy (non-hydrogen) atoms. The number of hydroxylamine groups is 8. The molecule has 1 saturated heterocycles. The molecule has 4 aliphatic heterocycles. The van der Waals surface area contributed by atoms with Crippen molar-refractivity contribution in [2.45, 2.75) is 320 Å². The molecule has 5 N–H and O–H groups in total. The third kappa shape index (κ3) is 15.8. The normalized spacial score (nSPS) is 23.8. The number of hydrogen-bond acceptors (Lipinski definition) is 12. The maximum Gasteiger partial charge on any atom is 0.246 e. The van der Waals surface area contributed by atoms with Crippen LogP contribution in [-0.4, -0.2) is 128 Å². The van der Waals surface area contributed by atoms with Crippen LogP contribution in [0.25, 0.3) is 0 Å². The molecule has 0 aromatic heterocycles. The van der Waals surface area contributed by atoms with E-state index in [2.05, 4.69) is 93.6 Å². The second kappa shape index (κ2) is 25.0. The highest BCUT2D eigenvalue weighted by Crippen LogP contribution is 2.51. The lowest BCUT2D eigenvalue weighted by molar-refractivity contribution is -0.209. The maximum absolute atomic E-state index is 12.9. The van der Waals surface area contributed by atoms with Crippen LogP contribution in [0.4, 0.5) is 0 Å². The number of ether oxygens (including phenoxy) is 2. The zero-order valence-electron chi connectivity index (χ0n) is 53.0. The first kappa shape index (κ1) is 70.0. The molecule has 0 radical (unpaired) electrons. The highest BCUT2D eigenvalue weighted by molar-refractivity contribution is 6.02. The minimum Gasteiger partial charge on any atom is -0.371 e. The largest absolute Gasteiger partial charge is 0.371 e. The number of nitrogens with one attached hydrogen (secondary N) is 1. The van der Waals surface area contributed by atoms with Gasteiger partial charge in [0.25, 0.3) is 0 Å². The summed E-state index contributed by atoms with van der Waals surface area (Å²) in [4.78, 5) is 24.8. The van der Waals surface area contributed by atoms with E-state index in [1.165, 1.54) is 20.8 Å². The zero-order chi connectivity index (χ0) is 58.5. The fraction of sp³-hybridized carbons (Fsp3) is 0.869. The average Bonchev–Trinajstić information content (AvgIpc) is 3.80. The van der Waals surface area contributed by atoms with Crippen LogP contribution < -0.4 is 5.32 Å². The standard InChI is InChI=1S/C17H31NO2.C17H33NO.C14H28N2O3.C13H25NO2/c1-8-16(9-2)12-13(14(19)15(5,6)7)17(10-3,11-4)18(16)20;1-8-16(9-2)13-14(12-15(5,6)7)17(10-3,11-4)18(16)19;1-12(2,3)19-9-11(17)15-10-8-13(4,5)16(18)14(10,6)7;1-11(2,3)16-9-10-8-12(4,5)14(15)13(10,6)7/h12,20H,8-11H2,1-7H3;13,19H,8-12H2,1-7H3;10,18H,8-9H2,1-7H3,(H,15,17);8,15H,9H2,1-7H3. The number of nitrogens with zero attached hydrogens (tertiary/aromatic N) is 4. The quantitative estimate of drug-likeness (QED) is 0.0990. The molecule has 0 spiro atoms. The van der Waals surface area contributed by atoms with Crippen LogP contribution in [0.15, 0.2) is 34.9 Å². The SMILES string of the molecule is CC(C)(C)OCC(=O)NC1CC(C)(C)N(O)C1(C)C.CC(C)(C)OCC1=CC(C)(C)N(O)C1(C)C.CCC1(CC)C=C(C(=O)C(C)(C)C)C(CC)(CC)N1O.CCC1(CC)C=C(CC(C)(C)C)C(CC)(CC)N1O. The molecule has 4 heterocycles. The van der Waals surface area contributed by atoms with E-state index in [1.54, 1.807) is 5.06 Å². The zero-order valence-corrected chi connectivity index (χ0v) is 53.0. The Labute approximate surface area is 454 Å². The predicted octanol–water partition coefficient (Wildman–Crippen LogP) is 14.5. The van der Waals surface area contributed by atoms with Crippen molar-refractivity contribution in [1.82, 2.24) is 25.6 Å². The van der Waals surface area contributed by atoms with Crippen molar-refractivity contribution in [2.75, 3.05) is 13.2 Å². The molecule has 1 amide bonds. The molecule has 0 saturated carbocycles. The molecular weight excluding hydrogens is 931 g/mol. The number of ketones is 1. The molecule has 0 aromatic rings. The monoisotopic (exact) mass is 1050 g/mol. The van der Waals surface area contributed by atoms with Gasteiger partial charge in [-0.3, -0.25) is 9.59 Å². The predicted molar refractivity (Wildman–Crippen MR) is 305 cm³/mol. The first-order chi connectivity index (χ1) is 33.2. The Morgan fingerprint density at radius 1 is 0.568 bits per heavy atom. The Kier molecular flexibility index (Phi) is 23.6. The van der Waals surface area contributed by atoms with Crippen molar-refractivity contribution in [2.24, 2.45) is 10.8 Å². The van der Waals surface area contributed by atoms with Crippen LogP contribution >= 0.6 is 0 Å². The van der Waals surface area contributed by atoms with Gasteiger partial charge in [0.2, 0.25) is 5.91 Å². The van der Waals surface area contributed by atoms with E-state index >= 15 is 0 Å². The average molecular weight is 1050 g/mol. The van der Waals surface area contributed by atoms with Crippen LogP contribution in [0.5, 0.6) is 0 Å². The van der Waals surface area contributed by atoms with Gasteiger partial charge in [0.15, 0.2) is 5.78 Å². The molecule has 0 bridgehead atoms. The van der Waals surface area contributed by atoms with Crippen LogP contribution in [0.2, 0.25) is 0 Å². The number of carbonyl (C=O) groups is 2. The second-order valence-electron chi connectivity index (χ2n) is 28.4. The highest BCUT2D eigenvalue weighted by Gasteiger charge is 2.56. The van der Waals surface area contributed by atoms with Gasteiger partial charge < -0.3 is 35.6 Å². The van der Waals surface area contributed by atoms with Crippen LogP contribution in [0.1, 0.15) is 258 Å². The van der Waals surface area contributed by atoms with Crippen molar-refractivity contribution in [3.8, 4) is 0 Å². The minimum absolute atomic E-state index is 0.0436. The minimum atomic E-state index is -0.531. The van der Waals surface area contributed by atoms with Crippen molar-refractivity contribution >= 4 is 11.7 Å². The number of amides is 1. The molecule has 0 aromatic carbocycles. The van der Waals surface area contributed by atoms with E-state index < -0.39 is 22.0 Å². The first-order valence-electron chi connectivity index (χ1n) is 28.5. The van der Waals surface area contributed by atoms with Crippen LogP contribution in [-0.2, 0) is 19.1 Å². The van der Waals surface area contributed by atoms with Crippen molar-refractivity contribution in [1.29, 1.82) is 0 Å². The Morgan fingerprint density at radius 2 is 0.986 bits per heavy atom. The molecule has 4 aliphatic rings. The van der Waals surface area contributed by atoms with E-state index in [0.717, 1.165) is 68.9 Å². The Balaban J connectivity index is 0.000000495. The van der Waals surface area contributed by atoms with E-state index in [0.29, 0.717) is 13.0 Å². The van der Waals surface area contributed by atoms with Crippen LogP contribution in [0.3, 0.4) is 0 Å². The number of Topliss-reactive ketones (excluding diaryl/α,β-unsaturated/α-hetero) is 1. The molecule has 434 valence electrons. The summed E-state index contributed by atoms with van der Waals surface area (Å²) in [5, 5.41) is 50.9. The molecule has 13 nitrogen and oxygen atoms in total. The number of rotatable bonds is 15. The van der Waals surface area contributed by atoms with E-state index in [9.17, 15) is 30.4 Å². The van der Waals surface area contributed by atoms with Crippen molar-refractivity contribution < 1.29 is 39.9 Å². The number of carbonyl (C=O) groups excluding carboxylic acids is 2. The molecule has 13 heteroatoms. The topological polar surface area (TPSA) is 159 Å². The summed E-state index contributed by atoms with van der Waals surface area (Å²) in [7, 11) is 0. The molecular formula is C61H117N5O8. The summed E-state index contributed by atoms with van der Waals surface area (Å²) < 4.78 is 11.2. The van der Waals surface area contributed by atoms with Gasteiger partial charge in [-0.2, -0.15) is 20.3 Å². The lowest BCUT2D eigenvalue weighted by Gasteiger charge is -2.44. The van der Waals surface area contributed by atoms with Gasteiger partial charge in [-0.25, -0.2) is 0 Å². The highest BCUT2D eigenvalue weighted by atomic mass is 16.5. The lowest BCUT2D eigenvalue weighted by Crippen LogP contribution is -2.54. The molecule has 4 rings (SSSR count). The van der Waals surface area contributed by atoms with Gasteiger partial charge in [0, 0.05) is 16.5 Å². The Morgan fingerprint density at radius 3 is 1.31 bits per heavy atom. The van der Waals surface area contributed by atoms with Crippen molar-refractivity contribution in [3.63, 3.8) is 0 Å². The fourth-order valence-corrected chi connectivity index (χ4v) is 11.5. The number of hydrogen-bond donors (Lipinski definition) is 5. The Hall–Kier alpha value is -2.04. The van der Waals surface area contributed by atoms with Gasteiger partial charge in [-0.05, 0) is 178 Å². The lowest BCUT2D eigenvalue weighted by atomic mass is 9.76. The fourth-order valence-electron chi connectivity index (χ4n) is 11.5. The summed E-state index contributed by atoms with van der Waals surface area (Å²) in [5.74, 6) is 0.0168. The summed E-state index contributed by atoms with van der Waals surface area (Å²) in [6, 6.07) is -0.0939. The van der Waals surface area contributed by atoms with Crippen molar-refractivity contribution in [3.05, 3.63) is 34.9 Å². The summed E-state index contributed by atoms with van der Waals surface area (Å²) in [6.45, 7) is 58.0. The van der Waals surface area contributed by atoms with Gasteiger partial charge in [-0.15, -0.1) is 0 Å². The molecule has 1 fully saturated rings. The molecule has 1 atom stereocenters. The third-order valence-corrected chi connectivity index (χ3v) is 16.7. The van der Waals surface area contributed by atoms with E-state index in [4.69, 9.17) is 9.47 Å². The third-order valence-electron chi connectivity index (χ3n) is 16.7.